The first-order valence-corrected chi connectivity index (χ1v) is 4.02. The molecule has 0 heterocycles. The van der Waals surface area contributed by atoms with Gasteiger partial charge < -0.3 is 0 Å². The average Bonchev–Trinajstić information content (AvgIpc) is 2.07. The van der Waals surface area contributed by atoms with Crippen molar-refractivity contribution >= 4 is 11.8 Å². The molecule has 0 unspecified atom stereocenters. The van der Waals surface area contributed by atoms with Gasteiger partial charge in [-0.1, -0.05) is 18.3 Å². The summed E-state index contributed by atoms with van der Waals surface area (Å²) in [5, 5.41) is 10.2. The summed E-state index contributed by atoms with van der Waals surface area (Å²) in [5.41, 5.74) is 0.693. The van der Waals surface area contributed by atoms with Crippen LogP contribution in [0.5, 0.6) is 0 Å². The van der Waals surface area contributed by atoms with Gasteiger partial charge in [0.2, 0.25) is 0 Å². The molecule has 1 nitrogen and oxygen atoms in total. The Labute approximate surface area is 70.4 Å². The average molecular weight is 161 g/mol. The van der Waals surface area contributed by atoms with Gasteiger partial charge >= 0.3 is 0 Å². The molecule has 0 aliphatic rings. The molecule has 0 atom stereocenters. The second-order valence-electron chi connectivity index (χ2n) is 1.92. The quantitative estimate of drug-likeness (QED) is 0.623. The van der Waals surface area contributed by atoms with Crippen LogP contribution in [-0.4, -0.2) is 0 Å². The van der Waals surface area contributed by atoms with Crippen molar-refractivity contribution in [1.29, 1.82) is 5.26 Å². The van der Waals surface area contributed by atoms with Crippen LogP contribution in [0.4, 0.5) is 0 Å². The molecular formula is C9H7NS. The molecular weight excluding hydrogens is 154 g/mol. The van der Waals surface area contributed by atoms with Crippen molar-refractivity contribution in [1.82, 2.24) is 0 Å². The Morgan fingerprint density at radius 3 is 2.45 bits per heavy atom. The highest BCUT2D eigenvalue weighted by Gasteiger charge is 1.90. The van der Waals surface area contributed by atoms with E-state index in [1.54, 1.807) is 29.3 Å². The van der Waals surface area contributed by atoms with Crippen LogP contribution in [0.15, 0.2) is 41.1 Å². The Hall–Kier alpha value is -1.20. The number of hydrogen-bond donors (Lipinski definition) is 0. The van der Waals surface area contributed by atoms with Gasteiger partial charge in [0.15, 0.2) is 0 Å². The molecule has 1 rings (SSSR count). The Bertz CT molecular complexity index is 281. The van der Waals surface area contributed by atoms with Crippen molar-refractivity contribution in [3.63, 3.8) is 0 Å². The van der Waals surface area contributed by atoms with Crippen LogP contribution in [0, 0.1) is 11.3 Å². The van der Waals surface area contributed by atoms with Gasteiger partial charge in [-0.2, -0.15) is 5.26 Å². The predicted octanol–water partition coefficient (Wildman–Crippen LogP) is 2.79. The lowest BCUT2D eigenvalue weighted by Gasteiger charge is -1.93. The highest BCUT2D eigenvalue weighted by atomic mass is 32.2. The summed E-state index contributed by atoms with van der Waals surface area (Å²) in [5.74, 6) is 0. The van der Waals surface area contributed by atoms with Crippen LogP contribution in [0.3, 0.4) is 0 Å². The summed E-state index contributed by atoms with van der Waals surface area (Å²) >= 11 is 1.55. The minimum atomic E-state index is 0.693. The van der Waals surface area contributed by atoms with Crippen molar-refractivity contribution in [2.75, 3.05) is 0 Å². The number of nitrogens with zero attached hydrogens (tertiary/aromatic N) is 1. The third-order valence-corrected chi connectivity index (χ3v) is 1.91. The molecule has 0 aromatic heterocycles. The number of nitriles is 1. The summed E-state index contributed by atoms with van der Waals surface area (Å²) in [7, 11) is 0. The summed E-state index contributed by atoms with van der Waals surface area (Å²) in [6.45, 7) is 3.60. The Balaban J connectivity index is 2.84. The molecule has 1 aromatic carbocycles. The standard InChI is InChI=1S/C9H7NS/c1-2-11-9-5-3-8(7-10)4-6-9/h2-6H,1H2. The van der Waals surface area contributed by atoms with Gasteiger partial charge in [-0.05, 0) is 29.7 Å². The predicted molar refractivity (Wildman–Crippen MR) is 47.2 cm³/mol. The van der Waals surface area contributed by atoms with Gasteiger partial charge in [0.05, 0.1) is 11.6 Å². The lowest BCUT2D eigenvalue weighted by atomic mass is 10.2. The van der Waals surface area contributed by atoms with E-state index in [0.29, 0.717) is 5.56 Å². The molecule has 0 aliphatic carbocycles. The number of rotatable bonds is 2. The number of benzene rings is 1. The van der Waals surface area contributed by atoms with Crippen LogP contribution in [0.2, 0.25) is 0 Å². The minimum Gasteiger partial charge on any atom is -0.192 e. The monoisotopic (exact) mass is 161 g/mol. The van der Waals surface area contributed by atoms with Gasteiger partial charge in [0.25, 0.3) is 0 Å². The molecule has 0 N–H and O–H groups in total. The number of thioether (sulfide) groups is 1. The minimum absolute atomic E-state index is 0.693. The molecule has 0 radical (unpaired) electrons. The first-order valence-electron chi connectivity index (χ1n) is 3.14. The smallest absolute Gasteiger partial charge is 0.0991 e. The Kier molecular flexibility index (Phi) is 2.76. The lowest BCUT2D eigenvalue weighted by Crippen LogP contribution is -1.72. The fourth-order valence-electron chi connectivity index (χ4n) is 0.704. The van der Waals surface area contributed by atoms with E-state index in [-0.39, 0.29) is 0 Å². The third-order valence-electron chi connectivity index (χ3n) is 1.20. The van der Waals surface area contributed by atoms with Crippen molar-refractivity contribution in [2.45, 2.75) is 4.90 Å². The lowest BCUT2D eigenvalue weighted by molar-refractivity contribution is 1.42. The molecule has 0 saturated heterocycles. The second-order valence-corrected chi connectivity index (χ2v) is 2.96. The van der Waals surface area contributed by atoms with E-state index in [4.69, 9.17) is 5.26 Å². The summed E-state index contributed by atoms with van der Waals surface area (Å²) in [6, 6.07) is 9.47. The highest BCUT2D eigenvalue weighted by molar-refractivity contribution is 8.02. The van der Waals surface area contributed by atoms with E-state index in [1.165, 1.54) is 0 Å². The molecule has 0 spiro atoms. The van der Waals surface area contributed by atoms with Gasteiger partial charge in [0.1, 0.15) is 0 Å². The fraction of sp³-hybridized carbons (Fsp3) is 0. The normalized spacial score (nSPS) is 8.64. The SMILES string of the molecule is C=CSc1ccc(C#N)cc1. The van der Waals surface area contributed by atoms with Crippen LogP contribution < -0.4 is 0 Å². The van der Waals surface area contributed by atoms with E-state index >= 15 is 0 Å². The van der Waals surface area contributed by atoms with E-state index < -0.39 is 0 Å². The zero-order valence-electron chi connectivity index (χ0n) is 5.95. The van der Waals surface area contributed by atoms with E-state index in [2.05, 4.69) is 12.6 Å². The zero-order chi connectivity index (χ0) is 8.10. The third kappa shape index (κ3) is 2.14. The molecule has 2 heteroatoms. The van der Waals surface area contributed by atoms with Gasteiger partial charge in [-0.15, -0.1) is 0 Å². The maximum Gasteiger partial charge on any atom is 0.0991 e. The molecule has 0 saturated carbocycles. The van der Waals surface area contributed by atoms with Crippen LogP contribution in [0.1, 0.15) is 5.56 Å². The number of hydrogen-bond acceptors (Lipinski definition) is 2. The summed E-state index contributed by atoms with van der Waals surface area (Å²) < 4.78 is 0. The van der Waals surface area contributed by atoms with Crippen molar-refractivity contribution in [3.05, 3.63) is 41.8 Å². The maximum absolute atomic E-state index is 8.48. The molecule has 1 aromatic rings. The van der Waals surface area contributed by atoms with Crippen molar-refractivity contribution in [3.8, 4) is 6.07 Å². The summed E-state index contributed by atoms with van der Waals surface area (Å²) in [6.07, 6.45) is 0. The maximum atomic E-state index is 8.48. The van der Waals surface area contributed by atoms with Gasteiger partial charge in [-0.25, -0.2) is 0 Å². The largest absolute Gasteiger partial charge is 0.192 e. The van der Waals surface area contributed by atoms with E-state index in [9.17, 15) is 0 Å². The molecule has 0 fully saturated rings. The van der Waals surface area contributed by atoms with Crippen molar-refractivity contribution in [2.24, 2.45) is 0 Å². The highest BCUT2D eigenvalue weighted by Crippen LogP contribution is 2.17. The molecule has 54 valence electrons. The van der Waals surface area contributed by atoms with Crippen LogP contribution >= 0.6 is 11.8 Å². The molecule has 0 bridgehead atoms. The topological polar surface area (TPSA) is 23.8 Å². The summed E-state index contributed by atoms with van der Waals surface area (Å²) in [4.78, 5) is 1.11. The fourth-order valence-corrected chi connectivity index (χ4v) is 1.19. The van der Waals surface area contributed by atoms with Gasteiger partial charge in [-0.3, -0.25) is 0 Å². The molecule has 0 aliphatic heterocycles. The first kappa shape index (κ1) is 7.90. The van der Waals surface area contributed by atoms with E-state index in [1.807, 2.05) is 12.1 Å². The zero-order valence-corrected chi connectivity index (χ0v) is 6.77. The van der Waals surface area contributed by atoms with Crippen LogP contribution in [0.25, 0.3) is 0 Å². The molecule has 0 amide bonds. The van der Waals surface area contributed by atoms with Gasteiger partial charge in [0, 0.05) is 4.90 Å². The second kappa shape index (κ2) is 3.85. The Morgan fingerprint density at radius 1 is 1.36 bits per heavy atom. The molecule has 11 heavy (non-hydrogen) atoms. The van der Waals surface area contributed by atoms with Crippen molar-refractivity contribution < 1.29 is 0 Å². The first-order chi connectivity index (χ1) is 5.36. The van der Waals surface area contributed by atoms with E-state index in [0.717, 1.165) is 4.90 Å². The van der Waals surface area contributed by atoms with Crippen LogP contribution in [-0.2, 0) is 0 Å². The Morgan fingerprint density at radius 2 is 2.00 bits per heavy atom.